The van der Waals surface area contributed by atoms with Crippen molar-refractivity contribution in [3.8, 4) is 17.2 Å². The van der Waals surface area contributed by atoms with E-state index in [2.05, 4.69) is 25.7 Å². The number of aromatic nitrogens is 2. The number of carboxylic acids is 1. The first-order valence-electron chi connectivity index (χ1n) is 14.5. The van der Waals surface area contributed by atoms with Crippen molar-refractivity contribution in [3.05, 3.63) is 23.8 Å². The molecule has 1 aromatic heterocycles. The monoisotopic (exact) mass is 698 g/mol. The largest absolute Gasteiger partial charge is 0.493 e. The number of nitrogens with zero attached hydrogens (tertiary/aromatic N) is 6. The lowest BCUT2D eigenvalue weighted by molar-refractivity contribution is -0.137. The highest BCUT2D eigenvalue weighted by Gasteiger charge is 2.26. The predicted octanol–water partition coefficient (Wildman–Crippen LogP) is 4.95. The summed E-state index contributed by atoms with van der Waals surface area (Å²) >= 11 is 0. The third kappa shape index (κ3) is 9.84. The minimum absolute atomic E-state index is 0. The smallest absolute Gasteiger partial charge is 0.303 e. The van der Waals surface area contributed by atoms with Crippen LogP contribution in [0.1, 0.15) is 44.1 Å². The Kier molecular flexibility index (Phi) is 17.4. The highest BCUT2D eigenvalue weighted by Crippen LogP contribution is 2.41. The molecule has 5 rings (SSSR count). The molecular weight excluding hydrogens is 654 g/mol. The maximum atomic E-state index is 10.9. The Hall–Kier alpha value is -2.31. The van der Waals surface area contributed by atoms with E-state index >= 15 is 0 Å². The lowest BCUT2D eigenvalue weighted by Gasteiger charge is -2.36. The number of carboxylic acid groups (broad SMARTS) is 1. The van der Waals surface area contributed by atoms with Crippen molar-refractivity contribution >= 4 is 73.2 Å². The van der Waals surface area contributed by atoms with Gasteiger partial charge in [-0.2, -0.15) is 9.97 Å². The fourth-order valence-corrected chi connectivity index (χ4v) is 5.73. The Balaban J connectivity index is 0.00000242. The molecule has 1 N–H and O–H groups in total. The molecular formula is C29H46Cl4N6O5. The standard InChI is InChI=1S/C29H42N6O5.4ClH/c1-38-23-10-9-22(27(28(23)39-2)40-19-7-8-26(36)37)21-32-15-17-34(18-16-32)25-20-24(33-11-3-4-12-33)30-29(31-25)35-13-5-6-14-35;;;;/h9-10,20H,3-8,11-19,21H2,1-2H3,(H,36,37);4*1H. The molecule has 11 nitrogen and oxygen atoms in total. The van der Waals surface area contributed by atoms with E-state index in [4.69, 9.17) is 29.3 Å². The van der Waals surface area contributed by atoms with Crippen molar-refractivity contribution in [2.45, 2.75) is 45.1 Å². The molecule has 250 valence electrons. The van der Waals surface area contributed by atoms with Crippen molar-refractivity contribution in [2.24, 2.45) is 0 Å². The second kappa shape index (κ2) is 19.3. The highest BCUT2D eigenvalue weighted by atomic mass is 35.5. The van der Waals surface area contributed by atoms with Crippen LogP contribution in [0.5, 0.6) is 17.2 Å². The predicted molar refractivity (Wildman–Crippen MR) is 183 cm³/mol. The van der Waals surface area contributed by atoms with Crippen LogP contribution in [-0.4, -0.2) is 99.1 Å². The van der Waals surface area contributed by atoms with Crippen LogP contribution in [0.2, 0.25) is 0 Å². The summed E-state index contributed by atoms with van der Waals surface area (Å²) in [5.41, 5.74) is 0.996. The Morgan fingerprint density at radius 3 is 1.89 bits per heavy atom. The quantitative estimate of drug-likeness (QED) is 0.305. The molecule has 0 unspecified atom stereocenters. The Labute approximate surface area is 285 Å². The summed E-state index contributed by atoms with van der Waals surface area (Å²) in [7, 11) is 3.20. The molecule has 0 saturated carbocycles. The van der Waals surface area contributed by atoms with E-state index in [-0.39, 0.29) is 56.0 Å². The minimum Gasteiger partial charge on any atom is -0.493 e. The number of carbonyl (C=O) groups is 1. The molecule has 15 heteroatoms. The third-order valence-electron chi connectivity index (χ3n) is 7.96. The normalized spacial score (nSPS) is 16.3. The second-order valence-corrected chi connectivity index (χ2v) is 10.7. The fourth-order valence-electron chi connectivity index (χ4n) is 5.73. The molecule has 0 radical (unpaired) electrons. The zero-order valence-corrected chi connectivity index (χ0v) is 28.7. The number of methoxy groups -OCH3 is 2. The summed E-state index contributed by atoms with van der Waals surface area (Å²) in [6.07, 6.45) is 5.33. The maximum absolute atomic E-state index is 10.9. The van der Waals surface area contributed by atoms with Gasteiger partial charge in [-0.15, -0.1) is 49.6 Å². The van der Waals surface area contributed by atoms with Gasteiger partial charge >= 0.3 is 5.97 Å². The Bertz CT molecular complexity index is 1130. The van der Waals surface area contributed by atoms with E-state index in [0.717, 1.165) is 75.5 Å². The fraction of sp³-hybridized carbons (Fsp3) is 0.621. The Morgan fingerprint density at radius 1 is 0.773 bits per heavy atom. The molecule has 1 aromatic carbocycles. The number of aliphatic carboxylic acids is 1. The van der Waals surface area contributed by atoms with Gasteiger partial charge in [0.25, 0.3) is 0 Å². The zero-order chi connectivity index (χ0) is 27.9. The number of anilines is 3. The summed E-state index contributed by atoms with van der Waals surface area (Å²) in [5.74, 6) is 3.87. The van der Waals surface area contributed by atoms with Crippen molar-refractivity contribution in [1.29, 1.82) is 0 Å². The molecule has 3 aliphatic heterocycles. The van der Waals surface area contributed by atoms with Gasteiger partial charge in [-0.3, -0.25) is 9.69 Å². The van der Waals surface area contributed by atoms with E-state index in [1.807, 2.05) is 12.1 Å². The lowest BCUT2D eigenvalue weighted by atomic mass is 10.1. The van der Waals surface area contributed by atoms with Crippen molar-refractivity contribution in [3.63, 3.8) is 0 Å². The molecule has 0 spiro atoms. The van der Waals surface area contributed by atoms with Gasteiger partial charge in [0.05, 0.1) is 20.8 Å². The van der Waals surface area contributed by atoms with Crippen LogP contribution < -0.4 is 28.9 Å². The molecule has 0 bridgehead atoms. The molecule has 44 heavy (non-hydrogen) atoms. The molecule has 4 heterocycles. The second-order valence-electron chi connectivity index (χ2n) is 10.7. The van der Waals surface area contributed by atoms with Crippen molar-refractivity contribution in [1.82, 2.24) is 14.9 Å². The number of piperazine rings is 1. The minimum atomic E-state index is -0.830. The van der Waals surface area contributed by atoms with Gasteiger partial charge in [0.2, 0.25) is 11.7 Å². The first kappa shape index (κ1) is 39.7. The molecule has 3 fully saturated rings. The number of ether oxygens (including phenoxy) is 3. The summed E-state index contributed by atoms with van der Waals surface area (Å²) < 4.78 is 17.2. The maximum Gasteiger partial charge on any atom is 0.303 e. The van der Waals surface area contributed by atoms with Crippen molar-refractivity contribution < 1.29 is 24.1 Å². The number of hydrogen-bond acceptors (Lipinski definition) is 10. The summed E-state index contributed by atoms with van der Waals surface area (Å²) in [5, 5.41) is 8.99. The van der Waals surface area contributed by atoms with Crippen LogP contribution in [0.3, 0.4) is 0 Å². The van der Waals surface area contributed by atoms with E-state index in [1.54, 1.807) is 14.2 Å². The van der Waals surface area contributed by atoms with Crippen LogP contribution in [0.25, 0.3) is 0 Å². The average molecular weight is 701 g/mol. The van der Waals surface area contributed by atoms with Crippen LogP contribution >= 0.6 is 49.6 Å². The van der Waals surface area contributed by atoms with Gasteiger partial charge in [0.15, 0.2) is 11.5 Å². The first-order valence-corrected chi connectivity index (χ1v) is 14.5. The SMILES string of the molecule is COc1ccc(CN2CCN(c3cc(N4CCCC4)nc(N4CCCC4)n3)CC2)c(OCCCC(=O)O)c1OC.Cl.Cl.Cl.Cl. The summed E-state index contributed by atoms with van der Waals surface area (Å²) in [4.78, 5) is 30.5. The van der Waals surface area contributed by atoms with Gasteiger partial charge in [0.1, 0.15) is 11.6 Å². The molecule has 2 aromatic rings. The zero-order valence-electron chi connectivity index (χ0n) is 25.4. The van der Waals surface area contributed by atoms with Gasteiger partial charge in [0, 0.05) is 77.0 Å². The topological polar surface area (TPSA) is 104 Å². The summed E-state index contributed by atoms with van der Waals surface area (Å²) in [6, 6.07) is 6.09. The number of rotatable bonds is 12. The van der Waals surface area contributed by atoms with E-state index in [0.29, 0.717) is 36.8 Å². The molecule has 3 aliphatic rings. The van der Waals surface area contributed by atoms with Gasteiger partial charge < -0.3 is 34.0 Å². The van der Waals surface area contributed by atoms with Crippen molar-refractivity contribution in [2.75, 3.05) is 87.9 Å². The average Bonchev–Trinajstić information content (AvgIpc) is 3.71. The van der Waals surface area contributed by atoms with E-state index in [9.17, 15) is 4.79 Å². The molecule has 0 amide bonds. The van der Waals surface area contributed by atoms with Gasteiger partial charge in [-0.1, -0.05) is 6.07 Å². The molecule has 0 aliphatic carbocycles. The molecule has 0 atom stereocenters. The lowest BCUT2D eigenvalue weighted by Crippen LogP contribution is -2.46. The van der Waals surface area contributed by atoms with Crippen LogP contribution in [-0.2, 0) is 11.3 Å². The first-order chi connectivity index (χ1) is 19.6. The van der Waals surface area contributed by atoms with Crippen LogP contribution in [0, 0.1) is 0 Å². The van der Waals surface area contributed by atoms with Gasteiger partial charge in [-0.25, -0.2) is 0 Å². The number of benzene rings is 1. The van der Waals surface area contributed by atoms with E-state index in [1.165, 1.54) is 25.7 Å². The summed E-state index contributed by atoms with van der Waals surface area (Å²) in [6.45, 7) is 8.70. The Morgan fingerprint density at radius 2 is 1.34 bits per heavy atom. The molecule has 3 saturated heterocycles. The van der Waals surface area contributed by atoms with E-state index < -0.39 is 5.97 Å². The van der Waals surface area contributed by atoms with Gasteiger partial charge in [-0.05, 0) is 38.2 Å². The van der Waals surface area contributed by atoms with Crippen LogP contribution in [0.15, 0.2) is 18.2 Å². The highest BCUT2D eigenvalue weighted by molar-refractivity contribution is 5.86. The third-order valence-corrected chi connectivity index (χ3v) is 7.96. The number of halogens is 4. The van der Waals surface area contributed by atoms with Crippen LogP contribution in [0.4, 0.5) is 17.6 Å². The number of hydrogen-bond donors (Lipinski definition) is 1.